The van der Waals surface area contributed by atoms with Gasteiger partial charge < -0.3 is 4.90 Å². The van der Waals surface area contributed by atoms with Crippen molar-refractivity contribution in [2.75, 3.05) is 13.1 Å². The van der Waals surface area contributed by atoms with Crippen molar-refractivity contribution in [3.05, 3.63) is 79.6 Å². The summed E-state index contributed by atoms with van der Waals surface area (Å²) >= 11 is 0. The van der Waals surface area contributed by atoms with E-state index in [4.69, 9.17) is 4.99 Å². The van der Waals surface area contributed by atoms with E-state index >= 15 is 0 Å². The lowest BCUT2D eigenvalue weighted by molar-refractivity contribution is -0.0320. The molecule has 3 atom stereocenters. The first-order chi connectivity index (χ1) is 17.1. The SMILES string of the molecule is C=C.C=C.C=C(c1cc(CC)ccc1CC(C)C(C)(F)F)N1CC2CC2(/C(=C/C)N=C(C)C2CC2)C1. The van der Waals surface area contributed by atoms with Crippen LogP contribution >= 0.6 is 0 Å². The van der Waals surface area contributed by atoms with Crippen molar-refractivity contribution >= 4 is 11.4 Å². The zero-order valence-corrected chi connectivity index (χ0v) is 23.2. The second kappa shape index (κ2) is 12.2. The molecule has 1 heterocycles. The van der Waals surface area contributed by atoms with Gasteiger partial charge in [0.05, 0.1) is 0 Å². The van der Waals surface area contributed by atoms with E-state index in [1.54, 1.807) is 6.92 Å². The molecule has 1 saturated heterocycles. The second-order valence-corrected chi connectivity index (χ2v) is 10.5. The summed E-state index contributed by atoms with van der Waals surface area (Å²) in [5, 5.41) is 0. The average Bonchev–Trinajstić information content (AvgIpc) is 3.81. The quantitative estimate of drug-likeness (QED) is 0.246. The van der Waals surface area contributed by atoms with E-state index in [1.807, 2.05) is 6.07 Å². The van der Waals surface area contributed by atoms with Crippen molar-refractivity contribution in [3.8, 4) is 0 Å². The molecule has 1 aliphatic heterocycles. The Bertz CT molecular complexity index is 980. The molecule has 0 N–H and O–H groups in total. The molecule has 2 aliphatic carbocycles. The molecular weight excluding hydrogens is 450 g/mol. The Hall–Kier alpha value is -2.49. The summed E-state index contributed by atoms with van der Waals surface area (Å²) in [5.41, 5.74) is 6.87. The second-order valence-electron chi connectivity index (χ2n) is 10.5. The molecule has 2 nitrogen and oxygen atoms in total. The molecule has 0 radical (unpaired) electrons. The van der Waals surface area contributed by atoms with E-state index in [-0.39, 0.29) is 5.41 Å². The summed E-state index contributed by atoms with van der Waals surface area (Å²) < 4.78 is 27.9. The van der Waals surface area contributed by atoms with Gasteiger partial charge in [0.2, 0.25) is 5.92 Å². The smallest absolute Gasteiger partial charge is 0.248 e. The van der Waals surface area contributed by atoms with Gasteiger partial charge in [-0.3, -0.25) is 4.99 Å². The van der Waals surface area contributed by atoms with Crippen molar-refractivity contribution in [1.82, 2.24) is 4.90 Å². The van der Waals surface area contributed by atoms with Crippen LogP contribution in [0.15, 0.2) is 67.9 Å². The first-order valence-corrected chi connectivity index (χ1v) is 13.2. The van der Waals surface area contributed by atoms with Gasteiger partial charge >= 0.3 is 0 Å². The van der Waals surface area contributed by atoms with Crippen LogP contribution in [0.2, 0.25) is 0 Å². The van der Waals surface area contributed by atoms with Crippen LogP contribution in [-0.4, -0.2) is 29.6 Å². The molecule has 0 bridgehead atoms. The molecule has 36 heavy (non-hydrogen) atoms. The minimum atomic E-state index is -2.69. The lowest BCUT2D eigenvalue weighted by Gasteiger charge is -2.28. The number of nitrogens with zero attached hydrogens (tertiary/aromatic N) is 2. The third kappa shape index (κ3) is 6.44. The number of aryl methyl sites for hydroxylation is 1. The van der Waals surface area contributed by atoms with Crippen molar-refractivity contribution in [2.45, 2.75) is 72.6 Å². The fraction of sp³-hybridized carbons (Fsp3) is 0.531. The van der Waals surface area contributed by atoms with Crippen LogP contribution in [0.3, 0.4) is 0 Å². The molecule has 198 valence electrons. The highest BCUT2D eigenvalue weighted by Gasteiger charge is 2.62. The molecule has 3 fully saturated rings. The Morgan fingerprint density at radius 2 is 1.89 bits per heavy atom. The molecule has 0 spiro atoms. The maximum absolute atomic E-state index is 13.9. The summed E-state index contributed by atoms with van der Waals surface area (Å²) in [5.74, 6) is -2.12. The van der Waals surface area contributed by atoms with E-state index in [1.165, 1.54) is 36.2 Å². The molecule has 4 rings (SSSR count). The number of fused-ring (bicyclic) bond motifs is 1. The van der Waals surface area contributed by atoms with Gasteiger partial charge in [-0.25, -0.2) is 8.78 Å². The van der Waals surface area contributed by atoms with Gasteiger partial charge in [0.25, 0.3) is 0 Å². The van der Waals surface area contributed by atoms with Crippen LogP contribution in [-0.2, 0) is 12.8 Å². The topological polar surface area (TPSA) is 15.6 Å². The van der Waals surface area contributed by atoms with E-state index in [2.05, 4.69) is 76.8 Å². The number of hydrogen-bond acceptors (Lipinski definition) is 2. The molecule has 4 heteroatoms. The molecule has 2 saturated carbocycles. The van der Waals surface area contributed by atoms with Crippen LogP contribution in [0.4, 0.5) is 8.78 Å². The first kappa shape index (κ1) is 29.7. The average molecular weight is 497 g/mol. The molecule has 0 aromatic heterocycles. The lowest BCUT2D eigenvalue weighted by atomic mass is 9.90. The Labute approximate surface area is 218 Å². The third-order valence-corrected chi connectivity index (χ3v) is 8.06. The summed E-state index contributed by atoms with van der Waals surface area (Å²) in [6, 6.07) is 6.28. The zero-order valence-electron chi connectivity index (χ0n) is 23.2. The van der Waals surface area contributed by atoms with Crippen LogP contribution in [0.1, 0.15) is 70.6 Å². The Morgan fingerprint density at radius 3 is 2.42 bits per heavy atom. The van der Waals surface area contributed by atoms with Crippen molar-refractivity contribution in [1.29, 1.82) is 0 Å². The van der Waals surface area contributed by atoms with Crippen molar-refractivity contribution < 1.29 is 8.78 Å². The minimum absolute atomic E-state index is 0.139. The van der Waals surface area contributed by atoms with Crippen LogP contribution < -0.4 is 0 Å². The highest BCUT2D eigenvalue weighted by atomic mass is 19.3. The van der Waals surface area contributed by atoms with E-state index in [0.29, 0.717) is 18.3 Å². The predicted octanol–water partition coefficient (Wildman–Crippen LogP) is 8.75. The Kier molecular flexibility index (Phi) is 10.0. The molecule has 0 amide bonds. The van der Waals surface area contributed by atoms with Gasteiger partial charge in [0.1, 0.15) is 0 Å². The molecule has 1 aromatic carbocycles. The highest BCUT2D eigenvalue weighted by Crippen LogP contribution is 2.63. The number of allylic oxidation sites excluding steroid dienone is 1. The fourth-order valence-corrected chi connectivity index (χ4v) is 5.30. The minimum Gasteiger partial charge on any atom is -0.370 e. The van der Waals surface area contributed by atoms with Crippen molar-refractivity contribution in [3.63, 3.8) is 0 Å². The van der Waals surface area contributed by atoms with Crippen LogP contribution in [0.25, 0.3) is 5.70 Å². The Morgan fingerprint density at radius 1 is 1.25 bits per heavy atom. The number of rotatable bonds is 9. The van der Waals surface area contributed by atoms with Gasteiger partial charge in [-0.15, -0.1) is 26.3 Å². The summed E-state index contributed by atoms with van der Waals surface area (Å²) in [4.78, 5) is 7.45. The molecule has 1 aromatic rings. The predicted molar refractivity (Wildman–Crippen MR) is 153 cm³/mol. The molecular formula is C32H46F2N2. The normalized spacial score (nSPS) is 24.1. The molecule has 3 aliphatic rings. The van der Waals surface area contributed by atoms with Gasteiger partial charge in [0, 0.05) is 47.1 Å². The third-order valence-electron chi connectivity index (χ3n) is 8.06. The van der Waals surface area contributed by atoms with E-state index < -0.39 is 11.8 Å². The van der Waals surface area contributed by atoms with Gasteiger partial charge in [0.15, 0.2) is 0 Å². The number of likely N-dealkylation sites (tertiary alicyclic amines) is 1. The Balaban J connectivity index is 0.00000109. The largest absolute Gasteiger partial charge is 0.370 e. The lowest BCUT2D eigenvalue weighted by Crippen LogP contribution is -2.26. The fourth-order valence-electron chi connectivity index (χ4n) is 5.30. The maximum atomic E-state index is 13.9. The summed E-state index contributed by atoms with van der Waals surface area (Å²) in [6.45, 7) is 27.4. The summed E-state index contributed by atoms with van der Waals surface area (Å²) in [6.07, 6.45) is 7.22. The van der Waals surface area contributed by atoms with Gasteiger partial charge in [-0.1, -0.05) is 38.6 Å². The standard InChI is InChI=1S/C28H38F2N2.2C2H4/c1-7-21-9-10-23(13-18(3)27(6,29)30)25(14-21)20(5)32-16-24-15-28(24,17-32)26(8-2)31-19(4)22-11-12-22;2*1-2/h8-10,14,18,22,24H,5,7,11-13,15-17H2,1-4,6H3;2*1-2H2/b26-8-,31-19?;;. The maximum Gasteiger partial charge on any atom is 0.248 e. The first-order valence-electron chi connectivity index (χ1n) is 13.2. The summed E-state index contributed by atoms with van der Waals surface area (Å²) in [7, 11) is 0. The molecule has 3 unspecified atom stereocenters. The van der Waals surface area contributed by atoms with E-state index in [0.717, 1.165) is 43.3 Å². The van der Waals surface area contributed by atoms with Crippen LogP contribution in [0.5, 0.6) is 0 Å². The highest BCUT2D eigenvalue weighted by molar-refractivity contribution is 5.87. The monoisotopic (exact) mass is 496 g/mol. The number of piperidine rings is 1. The van der Waals surface area contributed by atoms with Crippen LogP contribution in [0, 0.1) is 23.2 Å². The zero-order chi connectivity index (χ0) is 27.3. The number of hydrogen-bond donors (Lipinski definition) is 0. The van der Waals surface area contributed by atoms with Crippen molar-refractivity contribution in [2.24, 2.45) is 28.2 Å². The van der Waals surface area contributed by atoms with E-state index in [9.17, 15) is 8.78 Å². The number of halogens is 2. The number of benzene rings is 1. The van der Waals surface area contributed by atoms with Gasteiger partial charge in [-0.05, 0) is 81.9 Å². The number of alkyl halides is 2. The van der Waals surface area contributed by atoms with Gasteiger partial charge in [-0.2, -0.15) is 0 Å². The number of aliphatic imine (C=N–C) groups is 1.